The molecule has 0 bridgehead atoms. The van der Waals surface area contributed by atoms with Crippen molar-refractivity contribution in [1.29, 1.82) is 0 Å². The highest BCUT2D eigenvalue weighted by molar-refractivity contribution is 5.77. The summed E-state index contributed by atoms with van der Waals surface area (Å²) in [7, 11) is 0. The Morgan fingerprint density at radius 2 is 2.32 bits per heavy atom. The Hall–Kier alpha value is -2.08. The lowest BCUT2D eigenvalue weighted by Crippen LogP contribution is -2.45. The zero-order chi connectivity index (χ0) is 15.7. The highest BCUT2D eigenvalue weighted by Gasteiger charge is 2.29. The minimum absolute atomic E-state index is 0.0760. The van der Waals surface area contributed by atoms with E-state index in [1.165, 1.54) is 0 Å². The molecule has 22 heavy (non-hydrogen) atoms. The van der Waals surface area contributed by atoms with Gasteiger partial charge in [-0.05, 0) is 38.8 Å². The van der Waals surface area contributed by atoms with E-state index in [1.807, 2.05) is 13.0 Å². The van der Waals surface area contributed by atoms with Gasteiger partial charge in [0, 0.05) is 19.1 Å². The molecule has 0 radical (unpaired) electrons. The predicted octanol–water partition coefficient (Wildman–Crippen LogP) is 2.33. The second kappa shape index (κ2) is 5.96. The first kappa shape index (κ1) is 14.8. The number of carbonyl (C=O) groups excluding carboxylic acids is 1. The van der Waals surface area contributed by atoms with Crippen LogP contribution in [0.25, 0.3) is 11.7 Å². The number of likely N-dealkylation sites (tertiary alicyclic amines) is 1. The number of piperidine rings is 1. The van der Waals surface area contributed by atoms with Gasteiger partial charge < -0.3 is 14.6 Å². The quantitative estimate of drug-likeness (QED) is 0.937. The van der Waals surface area contributed by atoms with Crippen molar-refractivity contribution in [2.75, 3.05) is 6.54 Å². The van der Waals surface area contributed by atoms with E-state index in [1.54, 1.807) is 12.3 Å². The van der Waals surface area contributed by atoms with Crippen LogP contribution in [0.5, 0.6) is 0 Å². The van der Waals surface area contributed by atoms with Crippen LogP contribution in [-0.2, 0) is 11.3 Å². The van der Waals surface area contributed by atoms with E-state index in [0.29, 0.717) is 30.8 Å². The summed E-state index contributed by atoms with van der Waals surface area (Å²) in [5, 5.41) is 0. The largest absolute Gasteiger partial charge is 0.459 e. The highest BCUT2D eigenvalue weighted by atomic mass is 16.4. The van der Waals surface area contributed by atoms with Gasteiger partial charge in [-0.15, -0.1) is 0 Å². The number of amides is 1. The van der Waals surface area contributed by atoms with E-state index in [4.69, 9.17) is 14.6 Å². The number of aryl methyl sites for hydroxylation is 1. The zero-order valence-electron chi connectivity index (χ0n) is 12.9. The number of oxazole rings is 1. The summed E-state index contributed by atoms with van der Waals surface area (Å²) in [6, 6.07) is 4.03. The summed E-state index contributed by atoms with van der Waals surface area (Å²) in [6.45, 7) is 5.40. The van der Waals surface area contributed by atoms with Crippen molar-refractivity contribution in [1.82, 2.24) is 9.88 Å². The van der Waals surface area contributed by atoms with E-state index in [-0.39, 0.29) is 11.8 Å². The number of rotatable bonds is 4. The molecule has 0 spiro atoms. The molecule has 0 aromatic carbocycles. The van der Waals surface area contributed by atoms with E-state index in [0.717, 1.165) is 24.3 Å². The van der Waals surface area contributed by atoms with Gasteiger partial charge in [0.1, 0.15) is 5.76 Å². The van der Waals surface area contributed by atoms with Crippen molar-refractivity contribution in [3.05, 3.63) is 29.9 Å². The monoisotopic (exact) mass is 303 g/mol. The fourth-order valence-electron chi connectivity index (χ4n) is 2.90. The van der Waals surface area contributed by atoms with E-state index < -0.39 is 0 Å². The summed E-state index contributed by atoms with van der Waals surface area (Å²) in [4.78, 5) is 18.2. The molecule has 6 nitrogen and oxygen atoms in total. The van der Waals surface area contributed by atoms with Crippen molar-refractivity contribution in [3.63, 3.8) is 0 Å². The van der Waals surface area contributed by atoms with Gasteiger partial charge in [-0.2, -0.15) is 0 Å². The zero-order valence-corrected chi connectivity index (χ0v) is 12.9. The lowest BCUT2D eigenvalue weighted by molar-refractivity contribution is -0.124. The van der Waals surface area contributed by atoms with Gasteiger partial charge in [0.15, 0.2) is 5.76 Å². The van der Waals surface area contributed by atoms with Crippen molar-refractivity contribution >= 4 is 5.91 Å². The van der Waals surface area contributed by atoms with Crippen LogP contribution in [0.1, 0.15) is 31.2 Å². The molecule has 2 aromatic rings. The summed E-state index contributed by atoms with van der Waals surface area (Å²) in [6.07, 6.45) is 3.43. The maximum absolute atomic E-state index is 11.4. The fourth-order valence-corrected chi connectivity index (χ4v) is 2.90. The van der Waals surface area contributed by atoms with Crippen molar-refractivity contribution in [2.24, 2.45) is 11.7 Å². The number of hydrogen-bond acceptors (Lipinski definition) is 5. The second-order valence-corrected chi connectivity index (χ2v) is 5.95. The van der Waals surface area contributed by atoms with E-state index in [2.05, 4.69) is 16.8 Å². The SMILES string of the molecule is Cc1oc(-c2ccco2)nc1CN1CC(C(N)=O)CCC1C. The molecule has 2 unspecified atom stereocenters. The molecule has 6 heteroatoms. The molecule has 2 N–H and O–H groups in total. The first-order valence-electron chi connectivity index (χ1n) is 7.58. The van der Waals surface area contributed by atoms with Crippen LogP contribution in [-0.4, -0.2) is 28.4 Å². The molecular weight excluding hydrogens is 282 g/mol. The summed E-state index contributed by atoms with van der Waals surface area (Å²) in [5.74, 6) is 1.60. The van der Waals surface area contributed by atoms with Crippen LogP contribution in [0.4, 0.5) is 0 Å². The molecule has 1 fully saturated rings. The fraction of sp³-hybridized carbons (Fsp3) is 0.500. The van der Waals surface area contributed by atoms with Gasteiger partial charge in [0.25, 0.3) is 5.89 Å². The topological polar surface area (TPSA) is 85.5 Å². The van der Waals surface area contributed by atoms with E-state index in [9.17, 15) is 4.79 Å². The van der Waals surface area contributed by atoms with Crippen LogP contribution in [0.3, 0.4) is 0 Å². The summed E-state index contributed by atoms with van der Waals surface area (Å²) < 4.78 is 11.0. The number of nitrogens with zero attached hydrogens (tertiary/aromatic N) is 2. The number of primary amides is 1. The normalized spacial score (nSPS) is 22.8. The molecule has 2 atom stereocenters. The maximum atomic E-state index is 11.4. The molecule has 2 aromatic heterocycles. The number of carbonyl (C=O) groups is 1. The molecule has 3 heterocycles. The van der Waals surface area contributed by atoms with E-state index >= 15 is 0 Å². The Balaban J connectivity index is 1.76. The third-order valence-electron chi connectivity index (χ3n) is 4.39. The Kier molecular flexibility index (Phi) is 4.02. The van der Waals surface area contributed by atoms with Gasteiger partial charge in [-0.25, -0.2) is 4.98 Å². The average molecular weight is 303 g/mol. The smallest absolute Gasteiger partial charge is 0.263 e. The van der Waals surface area contributed by atoms with Crippen LogP contribution in [0.15, 0.2) is 27.2 Å². The molecule has 1 aliphatic rings. The molecule has 0 aliphatic carbocycles. The summed E-state index contributed by atoms with van der Waals surface area (Å²) >= 11 is 0. The number of nitrogens with two attached hydrogens (primary N) is 1. The van der Waals surface area contributed by atoms with Gasteiger partial charge in [-0.1, -0.05) is 0 Å². The predicted molar refractivity (Wildman–Crippen MR) is 80.7 cm³/mol. The van der Waals surface area contributed by atoms with Gasteiger partial charge >= 0.3 is 0 Å². The Morgan fingerprint density at radius 1 is 1.50 bits per heavy atom. The first-order valence-corrected chi connectivity index (χ1v) is 7.58. The van der Waals surface area contributed by atoms with Gasteiger partial charge in [0.05, 0.1) is 17.9 Å². The standard InChI is InChI=1S/C16H21N3O3/c1-10-5-6-12(15(17)20)8-19(10)9-13-11(2)22-16(18-13)14-4-3-7-21-14/h3-4,7,10,12H,5-6,8-9H2,1-2H3,(H2,17,20). The Labute approximate surface area is 129 Å². The average Bonchev–Trinajstić information content (AvgIpc) is 3.11. The van der Waals surface area contributed by atoms with Gasteiger partial charge in [-0.3, -0.25) is 9.69 Å². The Bertz CT molecular complexity index is 648. The molecule has 1 aliphatic heterocycles. The van der Waals surface area contributed by atoms with Crippen LogP contribution in [0.2, 0.25) is 0 Å². The van der Waals surface area contributed by atoms with Crippen molar-refractivity contribution in [2.45, 2.75) is 39.3 Å². The molecule has 0 saturated carbocycles. The maximum Gasteiger partial charge on any atom is 0.263 e. The molecule has 1 amide bonds. The van der Waals surface area contributed by atoms with Crippen LogP contribution >= 0.6 is 0 Å². The molecule has 1 saturated heterocycles. The number of aromatic nitrogens is 1. The van der Waals surface area contributed by atoms with Crippen molar-refractivity contribution < 1.29 is 13.6 Å². The molecular formula is C16H21N3O3. The number of hydrogen-bond donors (Lipinski definition) is 1. The minimum Gasteiger partial charge on any atom is -0.459 e. The highest BCUT2D eigenvalue weighted by Crippen LogP contribution is 2.26. The Morgan fingerprint density at radius 3 is 3.00 bits per heavy atom. The minimum atomic E-state index is -0.218. The lowest BCUT2D eigenvalue weighted by Gasteiger charge is -2.36. The third-order valence-corrected chi connectivity index (χ3v) is 4.39. The lowest BCUT2D eigenvalue weighted by atomic mass is 9.93. The van der Waals surface area contributed by atoms with Crippen LogP contribution < -0.4 is 5.73 Å². The third kappa shape index (κ3) is 2.92. The second-order valence-electron chi connectivity index (χ2n) is 5.95. The van der Waals surface area contributed by atoms with Crippen molar-refractivity contribution in [3.8, 4) is 11.7 Å². The molecule has 118 valence electrons. The molecule has 3 rings (SSSR count). The summed E-state index contributed by atoms with van der Waals surface area (Å²) in [5.41, 5.74) is 6.33. The van der Waals surface area contributed by atoms with Crippen LogP contribution in [0, 0.1) is 12.8 Å². The first-order chi connectivity index (χ1) is 10.5. The van der Waals surface area contributed by atoms with Gasteiger partial charge in [0.2, 0.25) is 5.91 Å². The number of furan rings is 1.